The molecule has 4 aliphatic rings. The molecule has 7 heteroatoms. The van der Waals surface area contributed by atoms with Crippen molar-refractivity contribution < 1.29 is 14.4 Å². The number of amidine groups is 1. The molecule has 5 atom stereocenters. The number of esters is 1. The highest BCUT2D eigenvalue weighted by Gasteiger charge is 2.47. The molecule has 3 aliphatic heterocycles. The number of carbonyl (C=O) groups is 1. The molecule has 4 rings (SSSR count). The zero-order valence-corrected chi connectivity index (χ0v) is 15.2. The number of quaternary nitrogens is 1. The van der Waals surface area contributed by atoms with Crippen molar-refractivity contribution in [1.29, 1.82) is 0 Å². The fraction of sp³-hybridized carbons (Fsp3) is 0.778. The lowest BCUT2D eigenvalue weighted by Gasteiger charge is -2.36. The van der Waals surface area contributed by atoms with E-state index in [4.69, 9.17) is 4.74 Å². The third kappa shape index (κ3) is 3.32. The molecular weight excluding hydrogens is 318 g/mol. The normalized spacial score (nSPS) is 38.0. The van der Waals surface area contributed by atoms with Gasteiger partial charge in [-0.25, -0.2) is 5.32 Å². The Balaban J connectivity index is 1.32. The first-order valence-electron chi connectivity index (χ1n) is 9.58. The summed E-state index contributed by atoms with van der Waals surface area (Å²) in [5.41, 5.74) is 0. The van der Waals surface area contributed by atoms with Crippen LogP contribution in [0.2, 0.25) is 0 Å². The zero-order valence-electron chi connectivity index (χ0n) is 15.2. The Labute approximate surface area is 149 Å². The van der Waals surface area contributed by atoms with Gasteiger partial charge < -0.3 is 15.0 Å². The maximum Gasteiger partial charge on any atom is 0.320 e. The Kier molecular flexibility index (Phi) is 4.80. The van der Waals surface area contributed by atoms with Gasteiger partial charge >= 0.3 is 5.97 Å². The van der Waals surface area contributed by atoms with Crippen LogP contribution in [0.15, 0.2) is 17.3 Å². The molecule has 0 aromatic heterocycles. The van der Waals surface area contributed by atoms with Crippen LogP contribution < -0.4 is 15.5 Å². The van der Waals surface area contributed by atoms with E-state index in [1.807, 2.05) is 13.1 Å². The second-order valence-corrected chi connectivity index (χ2v) is 7.84. The van der Waals surface area contributed by atoms with E-state index in [-0.39, 0.29) is 5.97 Å². The average molecular weight is 348 g/mol. The summed E-state index contributed by atoms with van der Waals surface area (Å²) in [4.78, 5) is 20.1. The summed E-state index contributed by atoms with van der Waals surface area (Å²) in [6.07, 6.45) is 7.16. The van der Waals surface area contributed by atoms with Gasteiger partial charge in [-0.2, -0.15) is 0 Å². The highest BCUT2D eigenvalue weighted by Crippen LogP contribution is 2.37. The van der Waals surface area contributed by atoms with Crippen molar-refractivity contribution in [3.63, 3.8) is 0 Å². The molecule has 1 saturated carbocycles. The second kappa shape index (κ2) is 7.05. The number of hydrogen-bond donors (Lipinski definition) is 3. The number of rotatable bonds is 5. The lowest BCUT2D eigenvalue weighted by atomic mass is 10.0. The topological polar surface area (TPSA) is 70.4 Å². The summed E-state index contributed by atoms with van der Waals surface area (Å²) in [6.45, 7) is 5.59. The van der Waals surface area contributed by atoms with Crippen LogP contribution in [0, 0.1) is 17.8 Å². The molecule has 0 radical (unpaired) electrons. The van der Waals surface area contributed by atoms with Crippen LogP contribution in [0.4, 0.5) is 0 Å². The lowest BCUT2D eigenvalue weighted by Crippen LogP contribution is -3.19. The van der Waals surface area contributed by atoms with Crippen LogP contribution in [0.25, 0.3) is 0 Å². The van der Waals surface area contributed by atoms with Crippen LogP contribution in [0.5, 0.6) is 0 Å². The van der Waals surface area contributed by atoms with E-state index in [1.165, 1.54) is 12.8 Å². The summed E-state index contributed by atoms with van der Waals surface area (Å²) >= 11 is 0. The molecule has 3 N–H and O–H groups in total. The Bertz CT molecular complexity index is 564. The fourth-order valence-corrected chi connectivity index (χ4v) is 5.19. The highest BCUT2D eigenvalue weighted by molar-refractivity contribution is 5.90. The first-order valence-corrected chi connectivity index (χ1v) is 9.58. The van der Waals surface area contributed by atoms with E-state index < -0.39 is 0 Å². The smallest absolute Gasteiger partial charge is 0.320 e. The number of carbonyl (C=O) groups excluding carboxylic acids is 1. The van der Waals surface area contributed by atoms with Crippen molar-refractivity contribution in [3.8, 4) is 0 Å². The van der Waals surface area contributed by atoms with Crippen molar-refractivity contribution in [1.82, 2.24) is 15.5 Å². The van der Waals surface area contributed by atoms with Crippen molar-refractivity contribution in [2.45, 2.75) is 32.0 Å². The third-order valence-corrected chi connectivity index (χ3v) is 6.39. The maximum atomic E-state index is 11.7. The van der Waals surface area contributed by atoms with Gasteiger partial charge in [0, 0.05) is 25.9 Å². The quantitative estimate of drug-likeness (QED) is 0.544. The van der Waals surface area contributed by atoms with Crippen molar-refractivity contribution in [2.75, 3.05) is 40.0 Å². The summed E-state index contributed by atoms with van der Waals surface area (Å²) in [7, 11) is 2.33. The minimum absolute atomic E-state index is 0.0829. The molecule has 2 fully saturated rings. The van der Waals surface area contributed by atoms with E-state index in [1.54, 1.807) is 4.90 Å². The molecule has 0 amide bonds. The third-order valence-electron chi connectivity index (χ3n) is 6.39. The Morgan fingerprint density at radius 2 is 2.16 bits per heavy atom. The SMILES string of the molecule is CCOC(=O)CN1CC2CC([NH+](C)C3NCN=C4NC=CC43)CC2C1. The first kappa shape index (κ1) is 17.0. The van der Waals surface area contributed by atoms with E-state index in [9.17, 15) is 4.79 Å². The van der Waals surface area contributed by atoms with Crippen molar-refractivity contribution in [2.24, 2.45) is 22.7 Å². The monoisotopic (exact) mass is 348 g/mol. The minimum Gasteiger partial charge on any atom is -0.465 e. The largest absolute Gasteiger partial charge is 0.465 e. The van der Waals surface area contributed by atoms with Crippen LogP contribution >= 0.6 is 0 Å². The van der Waals surface area contributed by atoms with Crippen LogP contribution in [0.1, 0.15) is 19.8 Å². The van der Waals surface area contributed by atoms with Gasteiger partial charge in [0.1, 0.15) is 11.8 Å². The fourth-order valence-electron chi connectivity index (χ4n) is 5.19. The van der Waals surface area contributed by atoms with Gasteiger partial charge in [-0.3, -0.25) is 14.7 Å². The predicted molar refractivity (Wildman–Crippen MR) is 95.0 cm³/mol. The standard InChI is InChI=1S/C18H29N5O2/c1-3-25-16(24)10-23-8-12-6-14(7-13(12)9-23)22(2)18-15-4-5-19-17(15)20-11-21-18/h4-5,12-15,18,21H,3,6-11H2,1-2H3,(H,19,20)/p+1. The number of fused-ring (bicyclic) bond motifs is 2. The van der Waals surface area contributed by atoms with Gasteiger partial charge in [0.25, 0.3) is 0 Å². The second-order valence-electron chi connectivity index (χ2n) is 7.84. The minimum atomic E-state index is -0.0829. The molecule has 7 nitrogen and oxygen atoms in total. The van der Waals surface area contributed by atoms with Gasteiger partial charge in [0.15, 0.2) is 6.17 Å². The number of hydrogen-bond acceptors (Lipinski definition) is 6. The van der Waals surface area contributed by atoms with Crippen LogP contribution in [0.3, 0.4) is 0 Å². The number of likely N-dealkylation sites (tertiary alicyclic amines) is 1. The Morgan fingerprint density at radius 3 is 2.88 bits per heavy atom. The Morgan fingerprint density at radius 1 is 1.40 bits per heavy atom. The number of nitrogens with one attached hydrogen (secondary N) is 3. The maximum absolute atomic E-state index is 11.7. The molecule has 3 heterocycles. The van der Waals surface area contributed by atoms with Crippen LogP contribution in [-0.2, 0) is 9.53 Å². The van der Waals surface area contributed by atoms with Gasteiger partial charge in [0.05, 0.1) is 32.9 Å². The van der Waals surface area contributed by atoms with E-state index >= 15 is 0 Å². The predicted octanol–water partition coefficient (Wildman–Crippen LogP) is -1.21. The summed E-state index contributed by atoms with van der Waals surface area (Å²) in [6, 6.07) is 0.686. The summed E-state index contributed by atoms with van der Waals surface area (Å²) < 4.78 is 5.09. The van der Waals surface area contributed by atoms with Crippen LogP contribution in [-0.4, -0.2) is 68.9 Å². The molecule has 138 valence electrons. The van der Waals surface area contributed by atoms with Gasteiger partial charge in [-0.1, -0.05) is 6.08 Å². The van der Waals surface area contributed by atoms with E-state index in [0.717, 1.165) is 30.8 Å². The molecule has 1 saturated heterocycles. The van der Waals surface area contributed by atoms with Crippen molar-refractivity contribution >= 4 is 11.8 Å². The van der Waals surface area contributed by atoms with E-state index in [0.29, 0.717) is 37.9 Å². The average Bonchev–Trinajstić information content (AvgIpc) is 3.27. The molecule has 0 spiro atoms. The number of nitrogens with zero attached hydrogens (tertiary/aromatic N) is 2. The molecule has 0 aromatic carbocycles. The summed E-state index contributed by atoms with van der Waals surface area (Å²) in [5.74, 6) is 2.85. The van der Waals surface area contributed by atoms with Gasteiger partial charge in [-0.05, 0) is 25.0 Å². The molecule has 1 aliphatic carbocycles. The molecule has 25 heavy (non-hydrogen) atoms. The van der Waals surface area contributed by atoms with Gasteiger partial charge in [-0.15, -0.1) is 0 Å². The molecular formula is C18H30N5O2+. The molecule has 5 unspecified atom stereocenters. The van der Waals surface area contributed by atoms with Gasteiger partial charge in [0.2, 0.25) is 0 Å². The zero-order chi connectivity index (χ0) is 17.4. The summed E-state index contributed by atoms with van der Waals surface area (Å²) in [5, 5.41) is 6.87. The highest BCUT2D eigenvalue weighted by atomic mass is 16.5. The lowest BCUT2D eigenvalue weighted by molar-refractivity contribution is -0.936. The number of aliphatic imine (C=N–C) groups is 1. The molecule has 0 aromatic rings. The van der Waals surface area contributed by atoms with E-state index in [2.05, 4.69) is 33.6 Å². The Hall–Kier alpha value is -1.44. The molecule has 0 bridgehead atoms. The van der Waals surface area contributed by atoms with Crippen molar-refractivity contribution in [3.05, 3.63) is 12.3 Å². The first-order chi connectivity index (χ1) is 12.2. The number of ether oxygens (including phenoxy) is 1.